The highest BCUT2D eigenvalue weighted by molar-refractivity contribution is 7.16. The fourth-order valence-electron chi connectivity index (χ4n) is 3.01. The largest absolute Gasteiger partial charge is 0.466 e. The third kappa shape index (κ3) is 7.44. The summed E-state index contributed by atoms with van der Waals surface area (Å²) in [5.74, 6) is -0.430. The van der Waals surface area contributed by atoms with Gasteiger partial charge in [0.1, 0.15) is 0 Å². The molecule has 0 saturated heterocycles. The van der Waals surface area contributed by atoms with Gasteiger partial charge >= 0.3 is 5.97 Å². The molecule has 6 nitrogen and oxygen atoms in total. The van der Waals surface area contributed by atoms with Crippen molar-refractivity contribution in [3.8, 4) is 0 Å². The van der Waals surface area contributed by atoms with E-state index >= 15 is 0 Å². The van der Waals surface area contributed by atoms with Crippen LogP contribution in [0.2, 0.25) is 5.02 Å². The quantitative estimate of drug-likeness (QED) is 0.400. The van der Waals surface area contributed by atoms with Gasteiger partial charge in [-0.2, -0.15) is 0 Å². The molecule has 1 fully saturated rings. The van der Waals surface area contributed by atoms with Gasteiger partial charge in [-0.3, -0.25) is 4.79 Å². The number of methoxy groups -OCH3 is 1. The average molecular weight is 473 g/mol. The Labute approximate surface area is 196 Å². The summed E-state index contributed by atoms with van der Waals surface area (Å²) in [6.45, 7) is 0.725. The number of ether oxygens (including phenoxy) is 1. The summed E-state index contributed by atoms with van der Waals surface area (Å²) in [4.78, 5) is 29.1. The first-order valence-corrected chi connectivity index (χ1v) is 11.5. The van der Waals surface area contributed by atoms with E-state index in [9.17, 15) is 14.7 Å². The van der Waals surface area contributed by atoms with E-state index in [4.69, 9.17) is 11.6 Å². The predicted molar refractivity (Wildman–Crippen MR) is 126 cm³/mol. The number of fused-ring (bicyclic) bond motifs is 1. The number of aliphatic hydroxyl groups excluding tert-OH is 1. The van der Waals surface area contributed by atoms with Gasteiger partial charge in [0.05, 0.1) is 35.5 Å². The number of benzene rings is 2. The summed E-state index contributed by atoms with van der Waals surface area (Å²) >= 11 is 7.60. The van der Waals surface area contributed by atoms with Gasteiger partial charge in [-0.15, -0.1) is 11.3 Å². The zero-order valence-electron chi connectivity index (χ0n) is 17.7. The summed E-state index contributed by atoms with van der Waals surface area (Å²) < 4.78 is 5.74. The zero-order chi connectivity index (χ0) is 22.9. The SMILES string of the molecule is COC(=O)/C=C/C(=O)N(CC1CC1)CC(O)c1cccc(Cl)c1.c1ccc2scnc2c1. The lowest BCUT2D eigenvalue weighted by molar-refractivity contribution is -0.135. The van der Waals surface area contributed by atoms with E-state index in [0.29, 0.717) is 23.0 Å². The molecule has 0 spiro atoms. The number of rotatable bonds is 7. The molecule has 0 aliphatic heterocycles. The number of halogens is 1. The Morgan fingerprint density at radius 2 is 2.03 bits per heavy atom. The normalized spacial score (nSPS) is 14.0. The highest BCUT2D eigenvalue weighted by Crippen LogP contribution is 2.30. The topological polar surface area (TPSA) is 79.7 Å². The monoisotopic (exact) mass is 472 g/mol. The van der Waals surface area contributed by atoms with Gasteiger partial charge in [-0.25, -0.2) is 9.78 Å². The number of amides is 1. The van der Waals surface area contributed by atoms with Crippen LogP contribution in [0, 0.1) is 5.92 Å². The van der Waals surface area contributed by atoms with Crippen molar-refractivity contribution in [3.63, 3.8) is 0 Å². The maximum Gasteiger partial charge on any atom is 0.330 e. The molecule has 1 aliphatic carbocycles. The molecule has 1 heterocycles. The fraction of sp³-hybridized carbons (Fsp3) is 0.292. The predicted octanol–water partition coefficient (Wildman–Crippen LogP) is 4.64. The van der Waals surface area contributed by atoms with Gasteiger partial charge < -0.3 is 14.7 Å². The second kappa shape index (κ2) is 11.8. The van der Waals surface area contributed by atoms with Crippen molar-refractivity contribution in [1.82, 2.24) is 9.88 Å². The van der Waals surface area contributed by atoms with Crippen LogP contribution < -0.4 is 0 Å². The molecule has 2 aromatic carbocycles. The molecule has 1 amide bonds. The van der Waals surface area contributed by atoms with E-state index in [-0.39, 0.29) is 12.5 Å². The third-order valence-corrected chi connectivity index (χ3v) is 5.96. The number of para-hydroxylation sites is 1. The van der Waals surface area contributed by atoms with Crippen LogP contribution in [0.25, 0.3) is 10.2 Å². The van der Waals surface area contributed by atoms with Gasteiger partial charge in [-0.1, -0.05) is 35.9 Å². The van der Waals surface area contributed by atoms with Crippen LogP contribution >= 0.6 is 22.9 Å². The summed E-state index contributed by atoms with van der Waals surface area (Å²) in [6, 6.07) is 15.0. The number of hydrogen-bond acceptors (Lipinski definition) is 6. The molecule has 1 atom stereocenters. The lowest BCUT2D eigenvalue weighted by Gasteiger charge is -2.24. The minimum absolute atomic E-state index is 0.154. The van der Waals surface area contributed by atoms with Gasteiger partial charge in [0.25, 0.3) is 0 Å². The smallest absolute Gasteiger partial charge is 0.330 e. The van der Waals surface area contributed by atoms with Gasteiger partial charge in [0.2, 0.25) is 5.91 Å². The number of aliphatic hydroxyl groups is 1. The van der Waals surface area contributed by atoms with Crippen molar-refractivity contribution in [2.75, 3.05) is 20.2 Å². The van der Waals surface area contributed by atoms with Crippen LogP contribution in [0.15, 0.2) is 66.2 Å². The molecule has 0 radical (unpaired) electrons. The molecule has 1 aliphatic rings. The van der Waals surface area contributed by atoms with Crippen LogP contribution in [0.3, 0.4) is 0 Å². The van der Waals surface area contributed by atoms with Crippen LogP contribution in [-0.2, 0) is 14.3 Å². The van der Waals surface area contributed by atoms with Crippen molar-refractivity contribution in [3.05, 3.63) is 76.8 Å². The minimum atomic E-state index is -0.831. The summed E-state index contributed by atoms with van der Waals surface area (Å²) in [7, 11) is 1.25. The van der Waals surface area contributed by atoms with Gasteiger partial charge in [0.15, 0.2) is 0 Å². The molecule has 32 heavy (non-hydrogen) atoms. The fourth-order valence-corrected chi connectivity index (χ4v) is 3.89. The first-order chi connectivity index (χ1) is 15.5. The zero-order valence-corrected chi connectivity index (χ0v) is 19.3. The second-order valence-corrected chi connectivity index (χ2v) is 8.76. The molecule has 4 rings (SSSR count). The third-order valence-electron chi connectivity index (χ3n) is 4.91. The number of carbonyl (C=O) groups excluding carboxylic acids is 2. The molecule has 1 N–H and O–H groups in total. The number of nitrogens with zero attached hydrogens (tertiary/aromatic N) is 2. The van der Waals surface area contributed by atoms with Crippen LogP contribution in [0.4, 0.5) is 0 Å². The lowest BCUT2D eigenvalue weighted by atomic mass is 10.1. The Bertz CT molecular complexity index is 1050. The number of esters is 1. The Balaban J connectivity index is 0.000000264. The Morgan fingerprint density at radius 1 is 1.25 bits per heavy atom. The van der Waals surface area contributed by atoms with Crippen LogP contribution in [0.5, 0.6) is 0 Å². The van der Waals surface area contributed by atoms with E-state index < -0.39 is 12.1 Å². The van der Waals surface area contributed by atoms with E-state index in [0.717, 1.165) is 24.4 Å². The summed E-state index contributed by atoms with van der Waals surface area (Å²) in [5.41, 5.74) is 3.62. The summed E-state index contributed by atoms with van der Waals surface area (Å²) in [6.07, 6.45) is 3.60. The van der Waals surface area contributed by atoms with Crippen LogP contribution in [-0.4, -0.2) is 47.1 Å². The molecule has 168 valence electrons. The molecular weight excluding hydrogens is 448 g/mol. The molecule has 1 aromatic heterocycles. The molecule has 1 unspecified atom stereocenters. The Hall–Kier alpha value is -2.74. The second-order valence-electron chi connectivity index (χ2n) is 7.43. The standard InChI is InChI=1S/C17H20ClNO4.C7H5NS/c1-23-17(22)8-7-16(21)19(10-12-5-6-12)11-15(20)13-3-2-4-14(18)9-13;1-2-4-7-6(3-1)8-5-9-7/h2-4,7-9,12,15,20H,5-6,10-11H2,1H3;1-5H/b8-7+;. The molecule has 1 saturated carbocycles. The van der Waals surface area contributed by atoms with E-state index in [2.05, 4.69) is 15.8 Å². The highest BCUT2D eigenvalue weighted by atomic mass is 35.5. The lowest BCUT2D eigenvalue weighted by Crippen LogP contribution is -2.35. The molecular formula is C24H25ClN2O4S. The van der Waals surface area contributed by atoms with Gasteiger partial charge in [-0.05, 0) is 48.6 Å². The van der Waals surface area contributed by atoms with Crippen molar-refractivity contribution in [2.24, 2.45) is 5.92 Å². The number of hydrogen-bond donors (Lipinski definition) is 1. The molecule has 8 heteroatoms. The van der Waals surface area contributed by atoms with Crippen molar-refractivity contribution >= 4 is 45.0 Å². The van der Waals surface area contributed by atoms with Crippen molar-refractivity contribution in [2.45, 2.75) is 18.9 Å². The van der Waals surface area contributed by atoms with E-state index in [1.807, 2.05) is 23.7 Å². The minimum Gasteiger partial charge on any atom is -0.466 e. The maximum atomic E-state index is 12.3. The Kier molecular flexibility index (Phi) is 8.79. The van der Waals surface area contributed by atoms with E-state index in [1.165, 1.54) is 17.9 Å². The van der Waals surface area contributed by atoms with Crippen molar-refractivity contribution in [1.29, 1.82) is 0 Å². The summed E-state index contributed by atoms with van der Waals surface area (Å²) in [5, 5.41) is 10.9. The molecule has 3 aromatic rings. The number of carbonyl (C=O) groups is 2. The highest BCUT2D eigenvalue weighted by Gasteiger charge is 2.27. The molecule has 0 bridgehead atoms. The first-order valence-electron chi connectivity index (χ1n) is 10.2. The Morgan fingerprint density at radius 3 is 2.72 bits per heavy atom. The van der Waals surface area contributed by atoms with E-state index in [1.54, 1.807) is 40.5 Å². The van der Waals surface area contributed by atoms with Crippen molar-refractivity contribution < 1.29 is 19.4 Å². The average Bonchev–Trinajstić information content (AvgIpc) is 3.49. The maximum absolute atomic E-state index is 12.3. The van der Waals surface area contributed by atoms with Gasteiger partial charge in [0, 0.05) is 23.7 Å². The van der Waals surface area contributed by atoms with Crippen LogP contribution in [0.1, 0.15) is 24.5 Å². The number of thiazole rings is 1. The first kappa shape index (κ1) is 23.9. The number of aromatic nitrogens is 1.